The number of carbonyl (C=O) groups excluding carboxylic acids is 1. The van der Waals surface area contributed by atoms with Crippen LogP contribution in [0.1, 0.15) is 39.0 Å². The molecule has 1 fully saturated rings. The van der Waals surface area contributed by atoms with Crippen molar-refractivity contribution in [1.29, 1.82) is 0 Å². The zero-order valence-corrected chi connectivity index (χ0v) is 9.70. The van der Waals surface area contributed by atoms with Crippen LogP contribution in [0.25, 0.3) is 0 Å². The molecule has 4 heteroatoms. The van der Waals surface area contributed by atoms with Gasteiger partial charge in [-0.3, -0.25) is 4.79 Å². The summed E-state index contributed by atoms with van der Waals surface area (Å²) in [4.78, 5) is 13.7. The summed E-state index contributed by atoms with van der Waals surface area (Å²) >= 11 is 0. The van der Waals surface area contributed by atoms with Crippen molar-refractivity contribution in [2.45, 2.75) is 50.6 Å². The fraction of sp³-hybridized carbons (Fsp3) is 0.909. The molecule has 4 nitrogen and oxygen atoms in total. The van der Waals surface area contributed by atoms with E-state index < -0.39 is 5.54 Å². The van der Waals surface area contributed by atoms with Crippen LogP contribution in [-0.4, -0.2) is 41.1 Å². The van der Waals surface area contributed by atoms with Crippen LogP contribution in [0.5, 0.6) is 0 Å². The lowest BCUT2D eigenvalue weighted by Gasteiger charge is -2.37. The van der Waals surface area contributed by atoms with E-state index >= 15 is 0 Å². The average molecular weight is 214 g/mol. The Morgan fingerprint density at radius 1 is 1.47 bits per heavy atom. The number of nitrogens with zero attached hydrogens (tertiary/aromatic N) is 1. The molecule has 1 aliphatic rings. The van der Waals surface area contributed by atoms with E-state index in [2.05, 4.69) is 0 Å². The molecule has 3 N–H and O–H groups in total. The van der Waals surface area contributed by atoms with Crippen molar-refractivity contribution >= 4 is 5.91 Å². The summed E-state index contributed by atoms with van der Waals surface area (Å²) in [6, 6.07) is -0.153. The smallest absolute Gasteiger partial charge is 0.242 e. The van der Waals surface area contributed by atoms with Gasteiger partial charge in [0.05, 0.1) is 18.2 Å². The lowest BCUT2D eigenvalue weighted by Crippen LogP contribution is -2.57. The van der Waals surface area contributed by atoms with E-state index in [-0.39, 0.29) is 18.6 Å². The summed E-state index contributed by atoms with van der Waals surface area (Å²) in [6.45, 7) is 1.81. The predicted octanol–water partition coefficient (Wildman–Crippen LogP) is 0.487. The maximum atomic E-state index is 12.1. The van der Waals surface area contributed by atoms with Crippen LogP contribution >= 0.6 is 0 Å². The maximum Gasteiger partial charge on any atom is 0.242 e. The van der Waals surface area contributed by atoms with Crippen LogP contribution in [0, 0.1) is 0 Å². The van der Waals surface area contributed by atoms with Crippen LogP contribution in [0.3, 0.4) is 0 Å². The third kappa shape index (κ3) is 2.69. The number of rotatable bonds is 3. The Morgan fingerprint density at radius 2 is 2.00 bits per heavy atom. The second-order valence-electron chi connectivity index (χ2n) is 4.66. The Kier molecular flexibility index (Phi) is 4.11. The van der Waals surface area contributed by atoms with Gasteiger partial charge in [-0.25, -0.2) is 0 Å². The fourth-order valence-electron chi connectivity index (χ4n) is 2.07. The molecule has 0 aromatic carbocycles. The number of nitrogens with two attached hydrogens (primary N) is 1. The molecule has 0 heterocycles. The summed E-state index contributed by atoms with van der Waals surface area (Å²) in [5.74, 6) is -0.0243. The normalized spacial score (nSPS) is 22.1. The van der Waals surface area contributed by atoms with Crippen molar-refractivity contribution in [2.75, 3.05) is 13.7 Å². The Balaban J connectivity index is 2.65. The highest BCUT2D eigenvalue weighted by Crippen LogP contribution is 2.27. The van der Waals surface area contributed by atoms with Crippen LogP contribution in [0.4, 0.5) is 0 Å². The first-order chi connectivity index (χ1) is 7.01. The average Bonchev–Trinajstić information content (AvgIpc) is 2.27. The molecular formula is C11H22N2O2. The molecule has 0 spiro atoms. The number of aliphatic hydroxyl groups excluding tert-OH is 1. The molecule has 0 aromatic rings. The van der Waals surface area contributed by atoms with Crippen molar-refractivity contribution in [1.82, 2.24) is 4.90 Å². The van der Waals surface area contributed by atoms with Crippen molar-refractivity contribution in [3.63, 3.8) is 0 Å². The third-order valence-electron chi connectivity index (χ3n) is 3.42. The SMILES string of the molecule is CC(CO)N(C)C(=O)C1(N)CCCCC1. The van der Waals surface area contributed by atoms with Gasteiger partial charge in [0.2, 0.25) is 5.91 Å². The van der Waals surface area contributed by atoms with Gasteiger partial charge in [-0.1, -0.05) is 19.3 Å². The first-order valence-corrected chi connectivity index (χ1v) is 5.68. The van der Waals surface area contributed by atoms with Crippen LogP contribution in [-0.2, 0) is 4.79 Å². The van der Waals surface area contributed by atoms with Gasteiger partial charge in [0.15, 0.2) is 0 Å². The Labute approximate surface area is 91.4 Å². The van der Waals surface area contributed by atoms with Gasteiger partial charge in [-0.05, 0) is 19.8 Å². The van der Waals surface area contributed by atoms with Gasteiger partial charge >= 0.3 is 0 Å². The molecule has 1 aliphatic carbocycles. The number of hydrogen-bond acceptors (Lipinski definition) is 3. The summed E-state index contributed by atoms with van der Waals surface area (Å²) in [5.41, 5.74) is 5.44. The van der Waals surface area contributed by atoms with Gasteiger partial charge in [-0.2, -0.15) is 0 Å². The molecular weight excluding hydrogens is 192 g/mol. The molecule has 1 rings (SSSR count). The Hall–Kier alpha value is -0.610. The molecule has 0 radical (unpaired) electrons. The molecule has 0 aromatic heterocycles. The van der Waals surface area contributed by atoms with Crippen LogP contribution in [0.2, 0.25) is 0 Å². The molecule has 88 valence electrons. The van der Waals surface area contributed by atoms with E-state index in [1.807, 2.05) is 6.92 Å². The fourth-order valence-corrected chi connectivity index (χ4v) is 2.07. The molecule has 0 saturated heterocycles. The largest absolute Gasteiger partial charge is 0.394 e. The second kappa shape index (κ2) is 4.94. The van der Waals surface area contributed by atoms with E-state index in [1.54, 1.807) is 11.9 Å². The van der Waals surface area contributed by atoms with E-state index in [4.69, 9.17) is 10.8 Å². The number of aliphatic hydroxyl groups is 1. The highest BCUT2D eigenvalue weighted by Gasteiger charge is 2.38. The van der Waals surface area contributed by atoms with Gasteiger partial charge in [-0.15, -0.1) is 0 Å². The van der Waals surface area contributed by atoms with Crippen molar-refractivity contribution in [3.8, 4) is 0 Å². The lowest BCUT2D eigenvalue weighted by molar-refractivity contribution is -0.139. The number of likely N-dealkylation sites (N-methyl/N-ethyl adjacent to an activating group) is 1. The van der Waals surface area contributed by atoms with Crippen LogP contribution < -0.4 is 5.73 Å². The second-order valence-corrected chi connectivity index (χ2v) is 4.66. The third-order valence-corrected chi connectivity index (χ3v) is 3.42. The highest BCUT2D eigenvalue weighted by molar-refractivity contribution is 5.86. The summed E-state index contributed by atoms with van der Waals surface area (Å²) in [7, 11) is 1.71. The minimum atomic E-state index is -0.684. The van der Waals surface area contributed by atoms with Gasteiger partial charge in [0, 0.05) is 7.05 Å². The Morgan fingerprint density at radius 3 is 2.47 bits per heavy atom. The molecule has 1 unspecified atom stereocenters. The zero-order chi connectivity index (χ0) is 11.5. The molecule has 0 aliphatic heterocycles. The summed E-state index contributed by atoms with van der Waals surface area (Å²) < 4.78 is 0. The highest BCUT2D eigenvalue weighted by atomic mass is 16.3. The molecule has 1 saturated carbocycles. The van der Waals surface area contributed by atoms with Crippen molar-refractivity contribution in [2.24, 2.45) is 5.73 Å². The van der Waals surface area contributed by atoms with Gasteiger partial charge in [0.25, 0.3) is 0 Å². The maximum absolute atomic E-state index is 12.1. The Bertz CT molecular complexity index is 225. The topological polar surface area (TPSA) is 66.6 Å². The van der Waals surface area contributed by atoms with E-state index in [1.165, 1.54) is 6.42 Å². The number of amides is 1. The first kappa shape index (κ1) is 12.5. The summed E-state index contributed by atoms with van der Waals surface area (Å²) in [5, 5.41) is 9.00. The standard InChI is InChI=1S/C11H22N2O2/c1-9(8-14)13(2)10(15)11(12)6-4-3-5-7-11/h9,14H,3-8,12H2,1-2H3. The zero-order valence-electron chi connectivity index (χ0n) is 9.70. The number of carbonyl (C=O) groups is 1. The monoisotopic (exact) mass is 214 g/mol. The number of hydrogen-bond donors (Lipinski definition) is 2. The molecule has 1 atom stereocenters. The van der Waals surface area contributed by atoms with Gasteiger partial charge < -0.3 is 15.7 Å². The van der Waals surface area contributed by atoms with E-state index in [0.717, 1.165) is 25.7 Å². The predicted molar refractivity (Wildman–Crippen MR) is 59.3 cm³/mol. The molecule has 1 amide bonds. The lowest BCUT2D eigenvalue weighted by atomic mass is 9.81. The quantitative estimate of drug-likeness (QED) is 0.718. The van der Waals surface area contributed by atoms with Crippen molar-refractivity contribution in [3.05, 3.63) is 0 Å². The minimum absolute atomic E-state index is 0.0156. The summed E-state index contributed by atoms with van der Waals surface area (Å²) in [6.07, 6.45) is 4.78. The van der Waals surface area contributed by atoms with Crippen LogP contribution in [0.15, 0.2) is 0 Å². The molecule has 15 heavy (non-hydrogen) atoms. The molecule has 0 bridgehead atoms. The first-order valence-electron chi connectivity index (χ1n) is 5.68. The minimum Gasteiger partial charge on any atom is -0.394 e. The van der Waals surface area contributed by atoms with Gasteiger partial charge in [0.1, 0.15) is 0 Å². The van der Waals surface area contributed by atoms with Crippen molar-refractivity contribution < 1.29 is 9.90 Å². The van der Waals surface area contributed by atoms with E-state index in [9.17, 15) is 4.79 Å². The van der Waals surface area contributed by atoms with E-state index in [0.29, 0.717) is 0 Å².